The Morgan fingerprint density at radius 2 is 1.40 bits per heavy atom. The summed E-state index contributed by atoms with van der Waals surface area (Å²) in [6.45, 7) is 9.97. The lowest BCUT2D eigenvalue weighted by atomic mass is 10.1. The SMILES string of the molecule is COc1cc(C(=O)N(C(C)C)C(C)C)cc(OC)c1C. The Bertz CT molecular complexity index is 448. The number of nitrogens with zero attached hydrogens (tertiary/aromatic N) is 1. The number of carbonyl (C=O) groups excluding carboxylic acids is 1. The Morgan fingerprint density at radius 3 is 1.70 bits per heavy atom. The van der Waals surface area contributed by atoms with E-state index in [1.807, 2.05) is 39.5 Å². The number of carbonyl (C=O) groups is 1. The predicted octanol–water partition coefficient (Wildman–Crippen LogP) is 3.27. The maximum Gasteiger partial charge on any atom is 0.254 e. The molecule has 1 aromatic rings. The van der Waals surface area contributed by atoms with Crippen molar-refractivity contribution in [3.8, 4) is 11.5 Å². The van der Waals surface area contributed by atoms with Crippen LogP contribution in [0.3, 0.4) is 0 Å². The lowest BCUT2D eigenvalue weighted by Crippen LogP contribution is -2.42. The van der Waals surface area contributed by atoms with E-state index in [1.54, 1.807) is 26.4 Å². The highest BCUT2D eigenvalue weighted by molar-refractivity contribution is 5.95. The minimum Gasteiger partial charge on any atom is -0.496 e. The standard InChI is InChI=1S/C16H25NO3/c1-10(2)17(11(3)4)16(18)13-8-14(19-6)12(5)15(9-13)20-7/h8-11H,1-7H3. The number of amides is 1. The second kappa shape index (κ2) is 6.64. The van der Waals surface area contributed by atoms with Crippen LogP contribution in [0, 0.1) is 6.92 Å². The smallest absolute Gasteiger partial charge is 0.254 e. The molecule has 4 heteroatoms. The third kappa shape index (κ3) is 3.24. The summed E-state index contributed by atoms with van der Waals surface area (Å²) in [6, 6.07) is 3.83. The average Bonchev–Trinajstić information content (AvgIpc) is 2.37. The summed E-state index contributed by atoms with van der Waals surface area (Å²) in [5.41, 5.74) is 1.49. The molecule has 1 aromatic carbocycles. The first-order valence-corrected chi connectivity index (χ1v) is 6.88. The molecule has 0 unspecified atom stereocenters. The molecule has 20 heavy (non-hydrogen) atoms. The van der Waals surface area contributed by atoms with E-state index in [1.165, 1.54) is 0 Å². The summed E-state index contributed by atoms with van der Waals surface area (Å²) in [6.07, 6.45) is 0. The monoisotopic (exact) mass is 279 g/mol. The van der Waals surface area contributed by atoms with E-state index in [9.17, 15) is 4.79 Å². The second-order valence-electron chi connectivity index (χ2n) is 5.41. The molecule has 0 spiro atoms. The van der Waals surface area contributed by atoms with E-state index < -0.39 is 0 Å². The lowest BCUT2D eigenvalue weighted by molar-refractivity contribution is 0.0643. The van der Waals surface area contributed by atoms with Crippen molar-refractivity contribution in [2.24, 2.45) is 0 Å². The zero-order chi connectivity index (χ0) is 15.4. The molecular weight excluding hydrogens is 254 g/mol. The van der Waals surface area contributed by atoms with E-state index in [2.05, 4.69) is 0 Å². The van der Waals surface area contributed by atoms with Crippen LogP contribution in [0.25, 0.3) is 0 Å². The Morgan fingerprint density at radius 1 is 1.00 bits per heavy atom. The van der Waals surface area contributed by atoms with E-state index in [0.717, 1.165) is 5.56 Å². The molecule has 0 aromatic heterocycles. The Balaban J connectivity index is 3.28. The van der Waals surface area contributed by atoms with Crippen LogP contribution >= 0.6 is 0 Å². The maximum absolute atomic E-state index is 12.7. The average molecular weight is 279 g/mol. The van der Waals surface area contributed by atoms with Gasteiger partial charge in [-0.3, -0.25) is 4.79 Å². The van der Waals surface area contributed by atoms with Crippen LogP contribution in [0.5, 0.6) is 11.5 Å². The topological polar surface area (TPSA) is 38.8 Å². The van der Waals surface area contributed by atoms with Gasteiger partial charge >= 0.3 is 0 Å². The number of methoxy groups -OCH3 is 2. The van der Waals surface area contributed by atoms with Gasteiger partial charge in [0.05, 0.1) is 14.2 Å². The molecule has 0 N–H and O–H groups in total. The number of benzene rings is 1. The van der Waals surface area contributed by atoms with Crippen LogP contribution < -0.4 is 9.47 Å². The highest BCUT2D eigenvalue weighted by Gasteiger charge is 2.23. The first-order valence-electron chi connectivity index (χ1n) is 6.88. The van der Waals surface area contributed by atoms with Crippen LogP contribution in [-0.2, 0) is 0 Å². The quantitative estimate of drug-likeness (QED) is 0.830. The molecule has 4 nitrogen and oxygen atoms in total. The van der Waals surface area contributed by atoms with Crippen LogP contribution in [-0.4, -0.2) is 37.1 Å². The summed E-state index contributed by atoms with van der Waals surface area (Å²) in [4.78, 5) is 14.5. The Kier molecular flexibility index (Phi) is 5.43. The van der Waals surface area contributed by atoms with Gasteiger partial charge in [0.15, 0.2) is 0 Å². The summed E-state index contributed by atoms with van der Waals surface area (Å²) in [5, 5.41) is 0. The molecule has 0 aliphatic heterocycles. The molecule has 0 aliphatic carbocycles. The highest BCUT2D eigenvalue weighted by atomic mass is 16.5. The van der Waals surface area contributed by atoms with Gasteiger partial charge in [-0.1, -0.05) is 0 Å². The third-order valence-electron chi connectivity index (χ3n) is 3.35. The summed E-state index contributed by atoms with van der Waals surface area (Å²) in [5.74, 6) is 1.33. The molecule has 0 heterocycles. The van der Waals surface area contributed by atoms with Crippen LogP contribution in [0.1, 0.15) is 43.6 Å². The zero-order valence-electron chi connectivity index (χ0n) is 13.5. The van der Waals surface area contributed by atoms with E-state index in [0.29, 0.717) is 17.1 Å². The normalized spacial score (nSPS) is 10.8. The first-order chi connectivity index (χ1) is 9.33. The number of hydrogen-bond acceptors (Lipinski definition) is 3. The van der Waals surface area contributed by atoms with Crippen LogP contribution in [0.2, 0.25) is 0 Å². The van der Waals surface area contributed by atoms with Gasteiger partial charge in [0.2, 0.25) is 0 Å². The van der Waals surface area contributed by atoms with Gasteiger partial charge in [-0.25, -0.2) is 0 Å². The Labute approximate surface area is 121 Å². The first kappa shape index (κ1) is 16.3. The highest BCUT2D eigenvalue weighted by Crippen LogP contribution is 2.30. The summed E-state index contributed by atoms with van der Waals surface area (Å²) < 4.78 is 10.7. The fraction of sp³-hybridized carbons (Fsp3) is 0.562. The third-order valence-corrected chi connectivity index (χ3v) is 3.35. The van der Waals surface area contributed by atoms with Crippen molar-refractivity contribution in [2.45, 2.75) is 46.7 Å². The molecule has 1 rings (SSSR count). The minimum atomic E-state index is -0.00778. The second-order valence-corrected chi connectivity index (χ2v) is 5.41. The van der Waals surface area contributed by atoms with Crippen molar-refractivity contribution < 1.29 is 14.3 Å². The number of hydrogen-bond donors (Lipinski definition) is 0. The number of ether oxygens (including phenoxy) is 2. The van der Waals surface area contributed by atoms with E-state index in [4.69, 9.17) is 9.47 Å². The molecule has 1 amide bonds. The summed E-state index contributed by atoms with van der Waals surface area (Å²) in [7, 11) is 3.19. The minimum absolute atomic E-state index is 0.00778. The maximum atomic E-state index is 12.7. The van der Waals surface area contributed by atoms with Gasteiger partial charge in [-0.2, -0.15) is 0 Å². The van der Waals surface area contributed by atoms with E-state index >= 15 is 0 Å². The molecule has 0 saturated carbocycles. The molecule has 0 fully saturated rings. The molecule has 0 radical (unpaired) electrons. The lowest BCUT2D eigenvalue weighted by Gasteiger charge is -2.31. The van der Waals surface area contributed by atoms with Crippen LogP contribution in [0.4, 0.5) is 0 Å². The van der Waals surface area contributed by atoms with Gasteiger partial charge in [0, 0.05) is 23.2 Å². The van der Waals surface area contributed by atoms with Gasteiger partial charge in [-0.15, -0.1) is 0 Å². The molecule has 0 saturated heterocycles. The van der Waals surface area contributed by atoms with Crippen molar-refractivity contribution in [2.75, 3.05) is 14.2 Å². The van der Waals surface area contributed by atoms with Gasteiger partial charge in [-0.05, 0) is 46.8 Å². The van der Waals surface area contributed by atoms with Crippen molar-refractivity contribution in [1.29, 1.82) is 0 Å². The molecular formula is C16H25NO3. The van der Waals surface area contributed by atoms with E-state index in [-0.39, 0.29) is 18.0 Å². The van der Waals surface area contributed by atoms with Crippen molar-refractivity contribution in [3.05, 3.63) is 23.3 Å². The van der Waals surface area contributed by atoms with Crippen molar-refractivity contribution in [3.63, 3.8) is 0 Å². The molecule has 112 valence electrons. The van der Waals surface area contributed by atoms with Crippen LogP contribution in [0.15, 0.2) is 12.1 Å². The van der Waals surface area contributed by atoms with Gasteiger partial charge in [0.25, 0.3) is 5.91 Å². The predicted molar refractivity (Wildman–Crippen MR) is 80.7 cm³/mol. The Hall–Kier alpha value is -1.71. The van der Waals surface area contributed by atoms with Gasteiger partial charge in [0.1, 0.15) is 11.5 Å². The van der Waals surface area contributed by atoms with Gasteiger partial charge < -0.3 is 14.4 Å². The molecule has 0 atom stereocenters. The number of rotatable bonds is 5. The van der Waals surface area contributed by atoms with Crippen molar-refractivity contribution in [1.82, 2.24) is 4.90 Å². The molecule has 0 bridgehead atoms. The zero-order valence-corrected chi connectivity index (χ0v) is 13.5. The largest absolute Gasteiger partial charge is 0.496 e. The van der Waals surface area contributed by atoms with Crippen molar-refractivity contribution >= 4 is 5.91 Å². The molecule has 0 aliphatic rings. The summed E-state index contributed by atoms with van der Waals surface area (Å²) >= 11 is 0. The fourth-order valence-electron chi connectivity index (χ4n) is 2.42. The fourth-order valence-corrected chi connectivity index (χ4v) is 2.42.